The van der Waals surface area contributed by atoms with E-state index in [1.807, 2.05) is 58.9 Å². The zero-order valence-corrected chi connectivity index (χ0v) is 29.1. The lowest BCUT2D eigenvalue weighted by molar-refractivity contribution is 0.122. The van der Waals surface area contributed by atoms with E-state index in [9.17, 15) is 4.39 Å². The second kappa shape index (κ2) is 20.7. The largest absolute Gasteiger partial charge is 0.490 e. The van der Waals surface area contributed by atoms with Crippen molar-refractivity contribution in [1.82, 2.24) is 20.2 Å². The zero-order chi connectivity index (χ0) is 34.1. The Morgan fingerprint density at radius 2 is 1.89 bits per heavy atom. The van der Waals surface area contributed by atoms with Crippen molar-refractivity contribution < 1.29 is 23.4 Å². The Hall–Kier alpha value is -3.38. The Bertz CT molecular complexity index is 1410. The standard InChI is InChI=1S/C27H29F2N7O2S2.2C2H6.CH4O/c1-16-12-22(35-34-16)31-25-24(37-2)26(36-8-10-38-11-9-36)33-27(32-25)40-21-7-6-19(13-20(21)28)39-15-18-5-3-4-17(14-30)23(18)29;3*1-2/h3-7,12,19-21H,8-11,13,15H2,1-2H3,(H2,31,32,33,34,35);2*1-2H3;2H,1H3. The van der Waals surface area contributed by atoms with E-state index in [0.29, 0.717) is 66.0 Å². The summed E-state index contributed by atoms with van der Waals surface area (Å²) in [5, 5.41) is 26.2. The van der Waals surface area contributed by atoms with E-state index in [1.54, 1.807) is 19.2 Å². The number of morpholine rings is 1. The molecule has 1 aliphatic carbocycles. The van der Waals surface area contributed by atoms with E-state index in [4.69, 9.17) is 24.8 Å². The number of alkyl halides is 1. The van der Waals surface area contributed by atoms with Gasteiger partial charge in [0.15, 0.2) is 22.6 Å². The van der Waals surface area contributed by atoms with E-state index in [0.717, 1.165) is 12.8 Å². The predicted molar refractivity (Wildman–Crippen MR) is 184 cm³/mol. The van der Waals surface area contributed by atoms with Gasteiger partial charge < -0.3 is 24.8 Å². The van der Waals surface area contributed by atoms with Crippen molar-refractivity contribution in [3.63, 3.8) is 0 Å². The fourth-order valence-corrected chi connectivity index (χ4v) is 6.55. The monoisotopic (exact) mass is 677 g/mol. The minimum absolute atomic E-state index is 0.0179. The van der Waals surface area contributed by atoms with E-state index in [1.165, 1.54) is 29.6 Å². The highest BCUT2D eigenvalue weighted by Gasteiger charge is 2.30. The van der Waals surface area contributed by atoms with Crippen LogP contribution < -0.4 is 15.0 Å². The molecule has 2 aromatic heterocycles. The Balaban J connectivity index is 0.00000116. The van der Waals surface area contributed by atoms with Crippen LogP contribution in [-0.2, 0) is 10.5 Å². The molecule has 3 aromatic rings. The molecule has 0 radical (unpaired) electrons. The molecule has 3 N–H and O–H groups in total. The molecule has 3 unspecified atom stereocenters. The van der Waals surface area contributed by atoms with Gasteiger partial charge in [-0.1, -0.05) is 63.7 Å². The fraction of sp³-hybridized carbons (Fsp3) is 0.500. The minimum atomic E-state index is -1.15. The number of aliphatic hydroxyl groups is 1. The molecule has 46 heavy (non-hydrogen) atoms. The van der Waals surface area contributed by atoms with E-state index in [-0.39, 0.29) is 17.2 Å². The lowest BCUT2D eigenvalue weighted by Crippen LogP contribution is -2.37. The second-order valence-electron chi connectivity index (χ2n) is 9.33. The first-order chi connectivity index (χ1) is 22.4. The number of benzene rings is 1. The number of anilines is 3. The number of hydrogen-bond acceptors (Lipinski definition) is 11. The number of ether oxygens (including phenoxy) is 2. The van der Waals surface area contributed by atoms with Crippen LogP contribution >= 0.6 is 23.5 Å². The van der Waals surface area contributed by atoms with Crippen molar-refractivity contribution in [2.45, 2.75) is 68.6 Å². The maximum atomic E-state index is 15.4. The molecule has 1 aliphatic heterocycles. The van der Waals surface area contributed by atoms with Crippen LogP contribution in [0.3, 0.4) is 0 Å². The lowest BCUT2D eigenvalue weighted by atomic mass is 10.1. The van der Waals surface area contributed by atoms with Gasteiger partial charge in [0, 0.05) is 43.0 Å². The number of aryl methyl sites for hydroxylation is 1. The van der Waals surface area contributed by atoms with Crippen molar-refractivity contribution in [2.75, 3.05) is 50.7 Å². The molecular formula is C32H45F2N7O3S2. The van der Waals surface area contributed by atoms with Gasteiger partial charge >= 0.3 is 0 Å². The summed E-state index contributed by atoms with van der Waals surface area (Å²) < 4.78 is 41.1. The molecule has 1 aromatic carbocycles. The number of aromatic amines is 1. The van der Waals surface area contributed by atoms with Gasteiger partial charge in [0.2, 0.25) is 5.75 Å². The van der Waals surface area contributed by atoms with E-state index in [2.05, 4.69) is 25.4 Å². The molecule has 14 heteroatoms. The van der Waals surface area contributed by atoms with Crippen LogP contribution in [0.2, 0.25) is 0 Å². The molecule has 2 aliphatic rings. The van der Waals surface area contributed by atoms with Gasteiger partial charge in [0.1, 0.15) is 18.1 Å². The minimum Gasteiger partial charge on any atom is -0.490 e. The van der Waals surface area contributed by atoms with E-state index < -0.39 is 17.2 Å². The Labute approximate surface area is 279 Å². The normalized spacial score (nSPS) is 18.5. The number of methoxy groups -OCH3 is 1. The van der Waals surface area contributed by atoms with Gasteiger partial charge in [0.25, 0.3) is 0 Å². The molecular weight excluding hydrogens is 633 g/mol. The van der Waals surface area contributed by atoms with Gasteiger partial charge in [-0.2, -0.15) is 10.4 Å². The summed E-state index contributed by atoms with van der Waals surface area (Å²) in [6.45, 7) is 12.3. The smallest absolute Gasteiger partial charge is 0.204 e. The highest BCUT2D eigenvalue weighted by molar-refractivity contribution is 8.00. The van der Waals surface area contributed by atoms with Gasteiger partial charge in [-0.05, 0) is 25.0 Å². The first-order valence-electron chi connectivity index (χ1n) is 15.3. The number of H-pyrrole nitrogens is 1. The SMILES string of the molecule is CC.CC.CO.COc1c(Nc2cc(C)[nH]n2)nc(SC2C=CC(SCc3cccc(C#N)c3F)CC2F)nc1N1CCOCC1. The van der Waals surface area contributed by atoms with Crippen LogP contribution in [0.5, 0.6) is 5.75 Å². The number of thioether (sulfide) groups is 2. The van der Waals surface area contributed by atoms with Crippen molar-refractivity contribution in [2.24, 2.45) is 0 Å². The van der Waals surface area contributed by atoms with Crippen molar-refractivity contribution in [3.8, 4) is 11.8 Å². The number of aliphatic hydroxyl groups excluding tert-OH is 1. The average molecular weight is 678 g/mol. The maximum Gasteiger partial charge on any atom is 0.204 e. The number of rotatable bonds is 9. The first kappa shape index (κ1) is 38.8. The molecule has 252 valence electrons. The molecule has 10 nitrogen and oxygen atoms in total. The number of hydrogen-bond donors (Lipinski definition) is 3. The molecule has 5 rings (SSSR count). The zero-order valence-electron chi connectivity index (χ0n) is 27.5. The number of halogens is 2. The summed E-state index contributed by atoms with van der Waals surface area (Å²) in [6.07, 6.45) is 2.93. The molecule has 3 heterocycles. The number of nitriles is 1. The molecule has 1 fully saturated rings. The van der Waals surface area contributed by atoms with Gasteiger partial charge in [-0.25, -0.2) is 18.7 Å². The van der Waals surface area contributed by atoms with Crippen LogP contribution in [-0.4, -0.2) is 82.5 Å². The molecule has 0 saturated carbocycles. The predicted octanol–water partition coefficient (Wildman–Crippen LogP) is 6.83. The van der Waals surface area contributed by atoms with Crippen LogP contribution in [0.1, 0.15) is 50.9 Å². The maximum absolute atomic E-state index is 15.4. The lowest BCUT2D eigenvalue weighted by Gasteiger charge is -2.30. The van der Waals surface area contributed by atoms with Gasteiger partial charge in [-0.3, -0.25) is 5.10 Å². The molecule has 1 saturated heterocycles. The summed E-state index contributed by atoms with van der Waals surface area (Å²) in [6, 6.07) is 8.48. The van der Waals surface area contributed by atoms with Crippen molar-refractivity contribution in [3.05, 3.63) is 59.1 Å². The third-order valence-electron chi connectivity index (χ3n) is 6.52. The third-order valence-corrected chi connectivity index (χ3v) is 8.89. The molecule has 3 atom stereocenters. The Morgan fingerprint density at radius 3 is 2.50 bits per heavy atom. The summed E-state index contributed by atoms with van der Waals surface area (Å²) in [7, 11) is 2.57. The summed E-state index contributed by atoms with van der Waals surface area (Å²) >= 11 is 2.71. The number of nitrogens with one attached hydrogen (secondary N) is 2. The quantitative estimate of drug-likeness (QED) is 0.163. The van der Waals surface area contributed by atoms with Crippen LogP contribution in [0.15, 0.2) is 41.6 Å². The summed E-state index contributed by atoms with van der Waals surface area (Å²) in [5.74, 6) is 1.96. The Kier molecular flexibility index (Phi) is 17.4. The van der Waals surface area contributed by atoms with Crippen LogP contribution in [0.4, 0.5) is 26.2 Å². The summed E-state index contributed by atoms with van der Waals surface area (Å²) in [5.41, 5.74) is 1.35. The molecule has 0 amide bonds. The van der Waals surface area contributed by atoms with Gasteiger partial charge in [0.05, 0.1) is 31.1 Å². The van der Waals surface area contributed by atoms with E-state index >= 15 is 4.39 Å². The average Bonchev–Trinajstić information content (AvgIpc) is 3.52. The van der Waals surface area contributed by atoms with Gasteiger partial charge in [-0.15, -0.1) is 11.8 Å². The third kappa shape index (κ3) is 10.6. The molecule has 0 spiro atoms. The Morgan fingerprint density at radius 1 is 1.17 bits per heavy atom. The highest BCUT2D eigenvalue weighted by atomic mass is 32.2. The second-order valence-corrected chi connectivity index (χ2v) is 11.7. The summed E-state index contributed by atoms with van der Waals surface area (Å²) in [4.78, 5) is 11.5. The topological polar surface area (TPSA) is 132 Å². The number of nitrogens with zero attached hydrogens (tertiary/aromatic N) is 5. The van der Waals surface area contributed by atoms with Crippen molar-refractivity contribution in [1.29, 1.82) is 5.26 Å². The first-order valence-corrected chi connectivity index (χ1v) is 17.2. The molecule has 0 bridgehead atoms. The van der Waals surface area contributed by atoms with Crippen LogP contribution in [0.25, 0.3) is 0 Å². The number of aromatic nitrogens is 4. The highest BCUT2D eigenvalue weighted by Crippen LogP contribution is 2.40. The fourth-order valence-electron chi connectivity index (χ4n) is 4.46. The van der Waals surface area contributed by atoms with Crippen LogP contribution in [0, 0.1) is 24.1 Å². The van der Waals surface area contributed by atoms with Crippen molar-refractivity contribution >= 4 is 41.0 Å².